The summed E-state index contributed by atoms with van der Waals surface area (Å²) < 4.78 is 36.7. The van der Waals surface area contributed by atoms with Crippen LogP contribution in [-0.2, 0) is 13.0 Å². The Hall–Kier alpha value is -4.94. The molecule has 0 saturated carbocycles. The number of nitrogens with two attached hydrogens (primary N) is 2. The average Bonchev–Trinajstić information content (AvgIpc) is 3.36. The molecule has 0 spiro atoms. The van der Waals surface area contributed by atoms with Crippen molar-refractivity contribution >= 4 is 59.1 Å². The quantitative estimate of drug-likeness (QED) is 0.232. The van der Waals surface area contributed by atoms with Gasteiger partial charge >= 0.3 is 5.97 Å². The number of rotatable bonds is 6. The van der Waals surface area contributed by atoms with Gasteiger partial charge in [-0.05, 0) is 60.0 Å². The number of carbonyl (C=O) groups is 1. The summed E-state index contributed by atoms with van der Waals surface area (Å²) in [6.45, 7) is 1.14. The van der Waals surface area contributed by atoms with Crippen molar-refractivity contribution in [1.29, 1.82) is 0 Å². The number of nitrogens with zero attached hydrogens (tertiary/aromatic N) is 4. The zero-order valence-electron chi connectivity index (χ0n) is 23.1. The molecule has 0 saturated heterocycles. The minimum atomic E-state index is -1.48. The molecule has 44 heavy (non-hydrogen) atoms. The summed E-state index contributed by atoms with van der Waals surface area (Å²) in [5, 5.41) is 9.49. The van der Waals surface area contributed by atoms with Crippen molar-refractivity contribution in [2.24, 2.45) is 0 Å². The molecule has 1 aliphatic rings. The molecular weight excluding hydrogens is 617 g/mol. The molecule has 0 amide bonds. The third kappa shape index (κ3) is 5.45. The third-order valence-corrected chi connectivity index (χ3v) is 7.37. The van der Waals surface area contributed by atoms with Gasteiger partial charge in [-0.1, -0.05) is 6.07 Å². The van der Waals surface area contributed by atoms with E-state index in [0.29, 0.717) is 36.6 Å². The summed E-state index contributed by atoms with van der Waals surface area (Å²) >= 11 is 0. The van der Waals surface area contributed by atoms with Gasteiger partial charge in [0.25, 0.3) is 0 Å². The fourth-order valence-electron chi connectivity index (χ4n) is 5.40. The van der Waals surface area contributed by atoms with Gasteiger partial charge in [0.05, 0.1) is 18.1 Å². The SMILES string of the molecule is COc1c(-c2ccc3c(c2)CCN3Cc2cnc(N)nc2N)c(F)cc2c(=O)c(C(=O)O)cn(-c3ccc(F)cc3)c12.Cl.Cl. The molecule has 0 unspecified atom stereocenters. The molecular formula is C30H26Cl2F2N6O4. The largest absolute Gasteiger partial charge is 0.494 e. The van der Waals surface area contributed by atoms with Crippen molar-refractivity contribution in [3.8, 4) is 22.6 Å². The Morgan fingerprint density at radius 3 is 2.48 bits per heavy atom. The number of ether oxygens (including phenoxy) is 1. The van der Waals surface area contributed by atoms with E-state index in [1.54, 1.807) is 12.3 Å². The first kappa shape index (κ1) is 32.0. The number of hydrogen-bond donors (Lipinski definition) is 3. The van der Waals surface area contributed by atoms with Crippen LogP contribution in [0.4, 0.5) is 26.2 Å². The van der Waals surface area contributed by atoms with Crippen molar-refractivity contribution in [1.82, 2.24) is 14.5 Å². The van der Waals surface area contributed by atoms with E-state index in [0.717, 1.165) is 29.1 Å². The van der Waals surface area contributed by atoms with Gasteiger partial charge < -0.3 is 30.8 Å². The average molecular weight is 643 g/mol. The second kappa shape index (κ2) is 12.3. The minimum Gasteiger partial charge on any atom is -0.494 e. The van der Waals surface area contributed by atoms with Gasteiger partial charge in [0, 0.05) is 42.4 Å². The Balaban J connectivity index is 0.00000221. The molecule has 0 fully saturated rings. The van der Waals surface area contributed by atoms with Crippen molar-refractivity contribution in [2.75, 3.05) is 30.0 Å². The summed E-state index contributed by atoms with van der Waals surface area (Å²) in [4.78, 5) is 35.2. The summed E-state index contributed by atoms with van der Waals surface area (Å²) in [5.74, 6) is -2.31. The van der Waals surface area contributed by atoms with Crippen LogP contribution in [0.2, 0.25) is 0 Å². The fourth-order valence-corrected chi connectivity index (χ4v) is 5.40. The molecule has 0 bridgehead atoms. The number of halogens is 4. The van der Waals surface area contributed by atoms with E-state index in [1.165, 1.54) is 35.9 Å². The van der Waals surface area contributed by atoms with Crippen LogP contribution < -0.4 is 26.5 Å². The Morgan fingerprint density at radius 1 is 1.09 bits per heavy atom. The number of fused-ring (bicyclic) bond motifs is 2. The molecule has 1 aliphatic heterocycles. The van der Waals surface area contributed by atoms with Crippen LogP contribution in [0.1, 0.15) is 21.5 Å². The van der Waals surface area contributed by atoms with Gasteiger partial charge in [-0.2, -0.15) is 4.98 Å². The molecule has 0 aliphatic carbocycles. The normalized spacial score (nSPS) is 11.9. The smallest absolute Gasteiger partial charge is 0.341 e. The Labute approximate surface area is 261 Å². The van der Waals surface area contributed by atoms with Crippen molar-refractivity contribution in [3.63, 3.8) is 0 Å². The highest BCUT2D eigenvalue weighted by Crippen LogP contribution is 2.42. The minimum absolute atomic E-state index is 0. The predicted octanol–water partition coefficient (Wildman–Crippen LogP) is 5.00. The van der Waals surface area contributed by atoms with Gasteiger partial charge in [-0.3, -0.25) is 4.79 Å². The summed E-state index contributed by atoms with van der Waals surface area (Å²) in [5.41, 5.74) is 13.9. The number of carboxylic acid groups (broad SMARTS) is 1. The van der Waals surface area contributed by atoms with Gasteiger partial charge in [0.1, 0.15) is 28.5 Å². The van der Waals surface area contributed by atoms with Crippen LogP contribution in [0.15, 0.2) is 65.7 Å². The summed E-state index contributed by atoms with van der Waals surface area (Å²) in [7, 11) is 1.34. The number of methoxy groups -OCH3 is 1. The van der Waals surface area contributed by atoms with E-state index in [1.807, 2.05) is 12.1 Å². The molecule has 5 aromatic rings. The third-order valence-electron chi connectivity index (χ3n) is 7.37. The molecule has 3 heterocycles. The lowest BCUT2D eigenvalue weighted by Crippen LogP contribution is -2.21. The molecule has 0 radical (unpaired) electrons. The van der Waals surface area contributed by atoms with E-state index in [4.69, 9.17) is 16.2 Å². The Kier molecular flexibility index (Phi) is 8.98. The van der Waals surface area contributed by atoms with E-state index >= 15 is 4.39 Å². The molecule has 10 nitrogen and oxygen atoms in total. The predicted molar refractivity (Wildman–Crippen MR) is 169 cm³/mol. The summed E-state index contributed by atoms with van der Waals surface area (Å²) in [6, 6.07) is 11.8. The number of hydrogen-bond acceptors (Lipinski definition) is 8. The number of aromatic carboxylic acids is 1. The lowest BCUT2D eigenvalue weighted by atomic mass is 9.97. The maximum atomic E-state index is 15.9. The fraction of sp³-hybridized carbons (Fsp3) is 0.133. The zero-order valence-corrected chi connectivity index (χ0v) is 24.7. The molecule has 228 valence electrons. The van der Waals surface area contributed by atoms with E-state index < -0.39 is 28.6 Å². The second-order valence-electron chi connectivity index (χ2n) is 9.84. The van der Waals surface area contributed by atoms with Crippen molar-refractivity contribution < 1.29 is 23.4 Å². The van der Waals surface area contributed by atoms with Gasteiger partial charge in [0.2, 0.25) is 11.4 Å². The van der Waals surface area contributed by atoms with Crippen LogP contribution in [0, 0.1) is 11.6 Å². The number of anilines is 3. The number of aromatic nitrogens is 3. The van der Waals surface area contributed by atoms with E-state index in [2.05, 4.69) is 14.9 Å². The summed E-state index contributed by atoms with van der Waals surface area (Å²) in [6.07, 6.45) is 3.41. The molecule has 0 atom stereocenters. The first-order valence-electron chi connectivity index (χ1n) is 12.9. The Bertz CT molecular complexity index is 1970. The molecule has 5 N–H and O–H groups in total. The van der Waals surface area contributed by atoms with Gasteiger partial charge in [-0.15, -0.1) is 24.8 Å². The van der Waals surface area contributed by atoms with Crippen LogP contribution in [0.5, 0.6) is 5.75 Å². The maximum absolute atomic E-state index is 15.9. The first-order valence-corrected chi connectivity index (χ1v) is 12.9. The number of carboxylic acids is 1. The van der Waals surface area contributed by atoms with E-state index in [9.17, 15) is 19.1 Å². The van der Waals surface area contributed by atoms with Crippen LogP contribution in [0.3, 0.4) is 0 Å². The maximum Gasteiger partial charge on any atom is 0.341 e. The van der Waals surface area contributed by atoms with Gasteiger partial charge in [0.15, 0.2) is 5.75 Å². The first-order chi connectivity index (χ1) is 20.2. The highest BCUT2D eigenvalue weighted by atomic mass is 35.5. The van der Waals surface area contributed by atoms with Crippen LogP contribution in [0.25, 0.3) is 27.7 Å². The highest BCUT2D eigenvalue weighted by molar-refractivity contribution is 5.98. The highest BCUT2D eigenvalue weighted by Gasteiger charge is 2.26. The lowest BCUT2D eigenvalue weighted by molar-refractivity contribution is 0.0695. The standard InChI is InChI=1S/C30H24F2N6O4.2ClH/c1-42-27-24(16-2-7-23-15(10-16)8-9-37(23)13-17-12-35-30(34)36-28(17)33)22(32)11-20-25(27)38(14-21(26(20)39)29(40)41)19-5-3-18(31)4-6-19;;/h2-7,10-12,14H,8-9,13H2,1H3,(H,40,41)(H4,33,34,35,36);2*1H. The molecule has 2 aromatic heterocycles. The zero-order chi connectivity index (χ0) is 29.7. The topological polar surface area (TPSA) is 150 Å². The van der Waals surface area contributed by atoms with Crippen molar-refractivity contribution in [3.05, 3.63) is 99.5 Å². The second-order valence-corrected chi connectivity index (χ2v) is 9.84. The number of benzene rings is 3. The molecule has 3 aromatic carbocycles. The molecule has 14 heteroatoms. The van der Waals surface area contributed by atoms with Crippen LogP contribution in [-0.4, -0.2) is 39.3 Å². The Morgan fingerprint density at radius 2 is 1.82 bits per heavy atom. The van der Waals surface area contributed by atoms with Gasteiger partial charge in [-0.25, -0.2) is 18.6 Å². The molecule has 6 rings (SSSR count). The monoisotopic (exact) mass is 642 g/mol. The van der Waals surface area contributed by atoms with E-state index in [-0.39, 0.29) is 53.0 Å². The van der Waals surface area contributed by atoms with Crippen LogP contribution >= 0.6 is 24.8 Å². The lowest BCUT2D eigenvalue weighted by Gasteiger charge is -2.21. The van der Waals surface area contributed by atoms with Crippen molar-refractivity contribution in [2.45, 2.75) is 13.0 Å². The number of nitrogen functional groups attached to an aromatic ring is 2. The number of pyridine rings is 1.